The quantitative estimate of drug-likeness (QED) is 0.684. The van der Waals surface area contributed by atoms with Gasteiger partial charge in [-0.25, -0.2) is 0 Å². The smallest absolute Gasteiger partial charge is 0.125 e. The molecule has 0 saturated carbocycles. The number of rotatable bonds is 9. The van der Waals surface area contributed by atoms with Gasteiger partial charge in [0.05, 0.1) is 14.2 Å². The summed E-state index contributed by atoms with van der Waals surface area (Å²) in [6.45, 7) is 4.41. The molecular weight excluding hydrogens is 226 g/mol. The van der Waals surface area contributed by atoms with Gasteiger partial charge in [0, 0.05) is 6.07 Å². The van der Waals surface area contributed by atoms with Crippen LogP contribution in [0.5, 0.6) is 11.5 Å². The summed E-state index contributed by atoms with van der Waals surface area (Å²) in [6.07, 6.45) is 4.64. The first-order valence-electron chi connectivity index (χ1n) is 6.73. The van der Waals surface area contributed by atoms with Crippen LogP contribution in [0.3, 0.4) is 0 Å². The molecule has 1 rings (SSSR count). The molecule has 0 heterocycles. The van der Waals surface area contributed by atoms with Crippen molar-refractivity contribution in [3.63, 3.8) is 0 Å². The van der Waals surface area contributed by atoms with Crippen molar-refractivity contribution in [3.05, 3.63) is 23.8 Å². The SMILES string of the molecule is CCCNCCCCc1ccc(OC)cc1OC. The maximum Gasteiger partial charge on any atom is 0.125 e. The molecule has 0 atom stereocenters. The van der Waals surface area contributed by atoms with Gasteiger partial charge in [-0.15, -0.1) is 0 Å². The van der Waals surface area contributed by atoms with Gasteiger partial charge in [-0.3, -0.25) is 0 Å². The van der Waals surface area contributed by atoms with Gasteiger partial charge in [0.2, 0.25) is 0 Å². The van der Waals surface area contributed by atoms with Crippen LogP contribution in [0, 0.1) is 0 Å². The predicted molar refractivity (Wildman–Crippen MR) is 75.6 cm³/mol. The zero-order valence-electron chi connectivity index (χ0n) is 11.8. The van der Waals surface area contributed by atoms with Crippen LogP contribution in [-0.4, -0.2) is 27.3 Å². The van der Waals surface area contributed by atoms with Crippen molar-refractivity contribution in [2.75, 3.05) is 27.3 Å². The minimum Gasteiger partial charge on any atom is -0.497 e. The van der Waals surface area contributed by atoms with E-state index in [4.69, 9.17) is 9.47 Å². The van der Waals surface area contributed by atoms with E-state index in [0.717, 1.165) is 31.0 Å². The van der Waals surface area contributed by atoms with Gasteiger partial charge in [0.15, 0.2) is 0 Å². The Morgan fingerprint density at radius 2 is 1.89 bits per heavy atom. The molecule has 0 aliphatic rings. The van der Waals surface area contributed by atoms with Crippen LogP contribution < -0.4 is 14.8 Å². The summed E-state index contributed by atoms with van der Waals surface area (Å²) >= 11 is 0. The Morgan fingerprint density at radius 1 is 1.06 bits per heavy atom. The second-order valence-corrected chi connectivity index (χ2v) is 4.38. The van der Waals surface area contributed by atoms with E-state index in [1.165, 1.54) is 24.8 Å². The highest BCUT2D eigenvalue weighted by atomic mass is 16.5. The third-order valence-corrected chi connectivity index (χ3v) is 2.97. The summed E-state index contributed by atoms with van der Waals surface area (Å²) in [6, 6.07) is 6.04. The molecule has 0 aromatic heterocycles. The molecule has 0 saturated heterocycles. The van der Waals surface area contributed by atoms with E-state index < -0.39 is 0 Å². The van der Waals surface area contributed by atoms with E-state index in [-0.39, 0.29) is 0 Å². The fourth-order valence-electron chi connectivity index (χ4n) is 1.93. The van der Waals surface area contributed by atoms with E-state index in [9.17, 15) is 0 Å². The van der Waals surface area contributed by atoms with Crippen molar-refractivity contribution in [2.24, 2.45) is 0 Å². The highest BCUT2D eigenvalue weighted by Gasteiger charge is 2.04. The van der Waals surface area contributed by atoms with Crippen molar-refractivity contribution in [3.8, 4) is 11.5 Å². The second kappa shape index (κ2) is 8.81. The summed E-state index contributed by atoms with van der Waals surface area (Å²) in [5.74, 6) is 1.77. The maximum atomic E-state index is 5.39. The molecule has 0 aliphatic carbocycles. The average Bonchev–Trinajstić information content (AvgIpc) is 2.42. The van der Waals surface area contributed by atoms with Gasteiger partial charge < -0.3 is 14.8 Å². The number of benzene rings is 1. The lowest BCUT2D eigenvalue weighted by molar-refractivity contribution is 0.390. The van der Waals surface area contributed by atoms with Gasteiger partial charge in [0.1, 0.15) is 11.5 Å². The Labute approximate surface area is 110 Å². The monoisotopic (exact) mass is 251 g/mol. The first-order chi connectivity index (χ1) is 8.81. The van der Waals surface area contributed by atoms with E-state index >= 15 is 0 Å². The third kappa shape index (κ3) is 4.96. The summed E-state index contributed by atoms with van der Waals surface area (Å²) in [7, 11) is 3.38. The topological polar surface area (TPSA) is 30.5 Å². The predicted octanol–water partition coefficient (Wildman–Crippen LogP) is 3.03. The number of hydrogen-bond acceptors (Lipinski definition) is 3. The third-order valence-electron chi connectivity index (χ3n) is 2.97. The molecule has 3 nitrogen and oxygen atoms in total. The van der Waals surface area contributed by atoms with Crippen molar-refractivity contribution >= 4 is 0 Å². The van der Waals surface area contributed by atoms with Crippen LogP contribution in [0.4, 0.5) is 0 Å². The molecule has 1 aromatic rings. The number of ether oxygens (including phenoxy) is 2. The van der Waals surface area contributed by atoms with Gasteiger partial charge >= 0.3 is 0 Å². The van der Waals surface area contributed by atoms with E-state index in [0.29, 0.717) is 0 Å². The zero-order chi connectivity index (χ0) is 13.2. The van der Waals surface area contributed by atoms with Crippen molar-refractivity contribution in [1.29, 1.82) is 0 Å². The second-order valence-electron chi connectivity index (χ2n) is 4.38. The van der Waals surface area contributed by atoms with Crippen LogP contribution in [0.15, 0.2) is 18.2 Å². The molecule has 1 N–H and O–H groups in total. The fourth-order valence-corrected chi connectivity index (χ4v) is 1.93. The molecule has 102 valence electrons. The highest BCUT2D eigenvalue weighted by Crippen LogP contribution is 2.25. The lowest BCUT2D eigenvalue weighted by Gasteiger charge is -2.10. The summed E-state index contributed by atoms with van der Waals surface area (Å²) in [4.78, 5) is 0. The largest absolute Gasteiger partial charge is 0.497 e. The van der Waals surface area contributed by atoms with E-state index in [1.807, 2.05) is 12.1 Å². The molecule has 0 bridgehead atoms. The van der Waals surface area contributed by atoms with E-state index in [1.54, 1.807) is 14.2 Å². The fraction of sp³-hybridized carbons (Fsp3) is 0.600. The number of nitrogens with one attached hydrogen (secondary N) is 1. The Balaban J connectivity index is 2.37. The highest BCUT2D eigenvalue weighted by molar-refractivity contribution is 5.40. The molecule has 0 unspecified atom stereocenters. The maximum absolute atomic E-state index is 5.39. The summed E-state index contributed by atoms with van der Waals surface area (Å²) in [5.41, 5.74) is 1.26. The van der Waals surface area contributed by atoms with Crippen LogP contribution in [-0.2, 0) is 6.42 Å². The van der Waals surface area contributed by atoms with Gasteiger partial charge in [-0.1, -0.05) is 13.0 Å². The molecule has 0 amide bonds. The standard InChI is InChI=1S/C15H25NO2/c1-4-10-16-11-6-5-7-13-8-9-14(17-2)12-15(13)18-3/h8-9,12,16H,4-7,10-11H2,1-3H3. The van der Waals surface area contributed by atoms with Crippen LogP contribution >= 0.6 is 0 Å². The van der Waals surface area contributed by atoms with Crippen molar-refractivity contribution in [1.82, 2.24) is 5.32 Å². The first kappa shape index (κ1) is 14.8. The van der Waals surface area contributed by atoms with Crippen molar-refractivity contribution < 1.29 is 9.47 Å². The number of hydrogen-bond donors (Lipinski definition) is 1. The number of unbranched alkanes of at least 4 members (excludes halogenated alkanes) is 1. The lowest BCUT2D eigenvalue weighted by atomic mass is 10.1. The summed E-state index contributed by atoms with van der Waals surface area (Å²) < 4.78 is 10.6. The Bertz CT molecular complexity index is 339. The average molecular weight is 251 g/mol. The van der Waals surface area contributed by atoms with Gasteiger partial charge in [-0.05, 0) is 50.4 Å². The zero-order valence-corrected chi connectivity index (χ0v) is 11.8. The first-order valence-corrected chi connectivity index (χ1v) is 6.73. The summed E-state index contributed by atoms with van der Waals surface area (Å²) in [5, 5.41) is 3.42. The Morgan fingerprint density at radius 3 is 2.56 bits per heavy atom. The Kier molecular flexibility index (Phi) is 7.26. The van der Waals surface area contributed by atoms with Crippen LogP contribution in [0.2, 0.25) is 0 Å². The lowest BCUT2D eigenvalue weighted by Crippen LogP contribution is -2.15. The normalized spacial score (nSPS) is 10.4. The molecule has 0 fully saturated rings. The Hall–Kier alpha value is -1.22. The molecule has 18 heavy (non-hydrogen) atoms. The number of aryl methyl sites for hydroxylation is 1. The van der Waals surface area contributed by atoms with E-state index in [2.05, 4.69) is 18.3 Å². The molecule has 1 aromatic carbocycles. The van der Waals surface area contributed by atoms with Crippen molar-refractivity contribution in [2.45, 2.75) is 32.6 Å². The molecule has 3 heteroatoms. The molecule has 0 aliphatic heterocycles. The molecule has 0 radical (unpaired) electrons. The minimum absolute atomic E-state index is 0.847. The molecule has 0 spiro atoms. The molecular formula is C15H25NO2. The number of methoxy groups -OCH3 is 2. The minimum atomic E-state index is 0.847. The van der Waals surface area contributed by atoms with Gasteiger partial charge in [0.25, 0.3) is 0 Å². The van der Waals surface area contributed by atoms with Crippen LogP contribution in [0.1, 0.15) is 31.7 Å². The van der Waals surface area contributed by atoms with Crippen LogP contribution in [0.25, 0.3) is 0 Å². The van der Waals surface area contributed by atoms with Gasteiger partial charge in [-0.2, -0.15) is 0 Å².